The number of fused-ring (bicyclic) bond motifs is 2. The molecule has 2 saturated carbocycles. The summed E-state index contributed by atoms with van der Waals surface area (Å²) in [6.45, 7) is 0. The zero-order valence-electron chi connectivity index (χ0n) is 5.46. The Bertz CT molecular complexity index is 108. The first-order valence-corrected chi connectivity index (χ1v) is 3.72. The van der Waals surface area contributed by atoms with Crippen molar-refractivity contribution < 1.29 is 5.11 Å². The van der Waals surface area contributed by atoms with E-state index in [0.29, 0.717) is 11.8 Å². The van der Waals surface area contributed by atoms with Crippen molar-refractivity contribution in [2.75, 3.05) is 0 Å². The SMILES string of the molecule is N[C@@H]1[C@H]2CC[C@H](C2)[C@@H]1O. The van der Waals surface area contributed by atoms with Crippen LogP contribution in [0, 0.1) is 11.8 Å². The Hall–Kier alpha value is -0.0800. The van der Waals surface area contributed by atoms with Gasteiger partial charge in [-0.25, -0.2) is 0 Å². The third kappa shape index (κ3) is 0.634. The molecule has 2 rings (SSSR count). The van der Waals surface area contributed by atoms with Gasteiger partial charge in [-0.2, -0.15) is 0 Å². The zero-order valence-corrected chi connectivity index (χ0v) is 5.46. The molecule has 2 aliphatic rings. The molecule has 0 saturated heterocycles. The van der Waals surface area contributed by atoms with Gasteiger partial charge < -0.3 is 10.8 Å². The summed E-state index contributed by atoms with van der Waals surface area (Å²) in [6, 6.07) is 0.101. The van der Waals surface area contributed by atoms with Crippen molar-refractivity contribution in [3.8, 4) is 0 Å². The molecule has 4 atom stereocenters. The monoisotopic (exact) mass is 127 g/mol. The van der Waals surface area contributed by atoms with E-state index in [9.17, 15) is 5.11 Å². The summed E-state index contributed by atoms with van der Waals surface area (Å²) in [5.74, 6) is 1.19. The highest BCUT2D eigenvalue weighted by molar-refractivity contribution is 4.98. The molecular weight excluding hydrogens is 114 g/mol. The fourth-order valence-electron chi connectivity index (χ4n) is 2.31. The van der Waals surface area contributed by atoms with Gasteiger partial charge in [-0.05, 0) is 31.1 Å². The van der Waals surface area contributed by atoms with E-state index in [4.69, 9.17) is 5.73 Å². The van der Waals surface area contributed by atoms with Crippen molar-refractivity contribution in [1.82, 2.24) is 0 Å². The summed E-state index contributed by atoms with van der Waals surface area (Å²) < 4.78 is 0. The minimum atomic E-state index is -0.177. The van der Waals surface area contributed by atoms with E-state index in [2.05, 4.69) is 0 Å². The zero-order chi connectivity index (χ0) is 6.43. The van der Waals surface area contributed by atoms with E-state index in [0.717, 1.165) is 0 Å². The molecule has 0 radical (unpaired) electrons. The second kappa shape index (κ2) is 1.70. The van der Waals surface area contributed by atoms with Gasteiger partial charge in [-0.3, -0.25) is 0 Å². The third-order valence-electron chi connectivity index (χ3n) is 2.94. The molecule has 0 spiro atoms. The van der Waals surface area contributed by atoms with Crippen molar-refractivity contribution in [2.24, 2.45) is 17.6 Å². The number of hydrogen-bond acceptors (Lipinski definition) is 2. The topological polar surface area (TPSA) is 46.2 Å². The van der Waals surface area contributed by atoms with Crippen molar-refractivity contribution >= 4 is 0 Å². The molecule has 0 aromatic heterocycles. The van der Waals surface area contributed by atoms with E-state index in [1.807, 2.05) is 0 Å². The number of hydrogen-bond donors (Lipinski definition) is 2. The highest BCUT2D eigenvalue weighted by Crippen LogP contribution is 2.43. The van der Waals surface area contributed by atoms with Crippen LogP contribution >= 0.6 is 0 Å². The standard InChI is InChI=1S/C7H13NO/c8-6-4-1-2-5(3-4)7(6)9/h4-7,9H,1-3,8H2/t4-,5+,6+,7-/m0/s1. The molecule has 2 nitrogen and oxygen atoms in total. The minimum absolute atomic E-state index is 0.101. The molecule has 0 aliphatic heterocycles. The smallest absolute Gasteiger partial charge is 0.0721 e. The molecule has 9 heavy (non-hydrogen) atoms. The van der Waals surface area contributed by atoms with Gasteiger partial charge in [0, 0.05) is 6.04 Å². The normalized spacial score (nSPS) is 56.7. The van der Waals surface area contributed by atoms with E-state index in [1.54, 1.807) is 0 Å². The van der Waals surface area contributed by atoms with Gasteiger partial charge in [0.05, 0.1) is 6.10 Å². The number of aliphatic hydroxyl groups is 1. The Balaban J connectivity index is 2.15. The summed E-state index contributed by atoms with van der Waals surface area (Å²) in [4.78, 5) is 0. The lowest BCUT2D eigenvalue weighted by atomic mass is 9.94. The van der Waals surface area contributed by atoms with Crippen LogP contribution < -0.4 is 5.73 Å². The molecule has 52 valence electrons. The van der Waals surface area contributed by atoms with Gasteiger partial charge in [0.25, 0.3) is 0 Å². The van der Waals surface area contributed by atoms with Crippen LogP contribution in [0.3, 0.4) is 0 Å². The second-order valence-electron chi connectivity index (χ2n) is 3.40. The number of aliphatic hydroxyl groups excluding tert-OH is 1. The summed E-state index contributed by atoms with van der Waals surface area (Å²) in [5.41, 5.74) is 5.71. The Morgan fingerprint density at radius 2 is 1.89 bits per heavy atom. The predicted octanol–water partition coefficient (Wildman–Crippen LogP) is 0.104. The Morgan fingerprint density at radius 3 is 2.22 bits per heavy atom. The molecule has 0 amide bonds. The van der Waals surface area contributed by atoms with Gasteiger partial charge in [0.2, 0.25) is 0 Å². The first kappa shape index (κ1) is 5.69. The van der Waals surface area contributed by atoms with Crippen molar-refractivity contribution in [2.45, 2.75) is 31.4 Å². The average molecular weight is 127 g/mol. The Labute approximate surface area is 55.1 Å². The first-order valence-electron chi connectivity index (χ1n) is 3.72. The molecule has 0 aromatic rings. The summed E-state index contributed by atoms with van der Waals surface area (Å²) in [5, 5.41) is 9.36. The molecule has 0 aromatic carbocycles. The van der Waals surface area contributed by atoms with Crippen molar-refractivity contribution in [1.29, 1.82) is 0 Å². The quantitative estimate of drug-likeness (QED) is 0.485. The van der Waals surface area contributed by atoms with Crippen LogP contribution in [0.25, 0.3) is 0 Å². The molecule has 0 heterocycles. The van der Waals surface area contributed by atoms with Crippen LogP contribution in [0.5, 0.6) is 0 Å². The van der Waals surface area contributed by atoms with E-state index >= 15 is 0 Å². The van der Waals surface area contributed by atoms with Gasteiger partial charge >= 0.3 is 0 Å². The first-order chi connectivity index (χ1) is 4.29. The molecule has 2 heteroatoms. The minimum Gasteiger partial charge on any atom is -0.391 e. The fraction of sp³-hybridized carbons (Fsp3) is 1.00. The summed E-state index contributed by atoms with van der Waals surface area (Å²) in [7, 11) is 0. The highest BCUT2D eigenvalue weighted by Gasteiger charge is 2.44. The van der Waals surface area contributed by atoms with Crippen molar-refractivity contribution in [3.63, 3.8) is 0 Å². The average Bonchev–Trinajstić information content (AvgIpc) is 2.37. The lowest BCUT2D eigenvalue weighted by molar-refractivity contribution is 0.0944. The van der Waals surface area contributed by atoms with E-state index in [-0.39, 0.29) is 12.1 Å². The fourth-order valence-corrected chi connectivity index (χ4v) is 2.31. The molecule has 2 bridgehead atoms. The maximum atomic E-state index is 9.36. The van der Waals surface area contributed by atoms with Crippen LogP contribution in [0.2, 0.25) is 0 Å². The highest BCUT2D eigenvalue weighted by atomic mass is 16.3. The van der Waals surface area contributed by atoms with E-state index in [1.165, 1.54) is 19.3 Å². The maximum absolute atomic E-state index is 9.36. The van der Waals surface area contributed by atoms with Crippen LogP contribution in [0.15, 0.2) is 0 Å². The summed E-state index contributed by atoms with van der Waals surface area (Å²) in [6.07, 6.45) is 3.47. The van der Waals surface area contributed by atoms with Crippen LogP contribution in [0.4, 0.5) is 0 Å². The largest absolute Gasteiger partial charge is 0.391 e. The van der Waals surface area contributed by atoms with E-state index < -0.39 is 0 Å². The molecule has 2 aliphatic carbocycles. The van der Waals surface area contributed by atoms with Crippen LogP contribution in [-0.2, 0) is 0 Å². The van der Waals surface area contributed by atoms with Gasteiger partial charge in [0.15, 0.2) is 0 Å². The Morgan fingerprint density at radius 1 is 1.22 bits per heavy atom. The second-order valence-corrected chi connectivity index (χ2v) is 3.40. The third-order valence-corrected chi connectivity index (χ3v) is 2.94. The molecule has 3 N–H and O–H groups in total. The molecule has 0 unspecified atom stereocenters. The molecular formula is C7H13NO. The molecule has 2 fully saturated rings. The number of rotatable bonds is 0. The lowest BCUT2D eigenvalue weighted by Gasteiger charge is -2.22. The maximum Gasteiger partial charge on any atom is 0.0721 e. The Kier molecular flexibility index (Phi) is 1.08. The number of nitrogens with two attached hydrogens (primary N) is 1. The van der Waals surface area contributed by atoms with Gasteiger partial charge in [-0.15, -0.1) is 0 Å². The lowest BCUT2D eigenvalue weighted by Crippen LogP contribution is -2.39. The van der Waals surface area contributed by atoms with Gasteiger partial charge in [0.1, 0.15) is 0 Å². The van der Waals surface area contributed by atoms with Crippen LogP contribution in [0.1, 0.15) is 19.3 Å². The summed E-state index contributed by atoms with van der Waals surface area (Å²) >= 11 is 0. The van der Waals surface area contributed by atoms with Crippen LogP contribution in [-0.4, -0.2) is 17.3 Å². The van der Waals surface area contributed by atoms with Gasteiger partial charge in [-0.1, -0.05) is 0 Å². The predicted molar refractivity (Wildman–Crippen MR) is 34.8 cm³/mol. The van der Waals surface area contributed by atoms with Crippen molar-refractivity contribution in [3.05, 3.63) is 0 Å².